The molecule has 0 bridgehead atoms. The lowest BCUT2D eigenvalue weighted by molar-refractivity contribution is 1.14. The fraction of sp³-hybridized carbons (Fsp3) is 0.118. The number of thiazole rings is 1. The third-order valence-corrected chi connectivity index (χ3v) is 4.62. The Labute approximate surface area is 122 Å². The zero-order valence-electron chi connectivity index (χ0n) is 11.0. The largest absolute Gasteiger partial charge is 0.357 e. The monoisotopic (exact) mass is 278 g/mol. The molecule has 4 rings (SSSR count). The smallest absolute Gasteiger partial charge is 0.183 e. The molecule has 1 aromatic heterocycles. The van der Waals surface area contributed by atoms with Crippen LogP contribution < -0.4 is 5.32 Å². The summed E-state index contributed by atoms with van der Waals surface area (Å²) in [6.45, 7) is 0.828. The molecule has 3 aromatic rings. The zero-order chi connectivity index (χ0) is 13.4. The van der Waals surface area contributed by atoms with Gasteiger partial charge in [0.2, 0.25) is 0 Å². The Kier molecular flexibility index (Phi) is 2.78. The van der Waals surface area contributed by atoms with E-state index < -0.39 is 0 Å². The molecule has 0 unspecified atom stereocenters. The van der Waals surface area contributed by atoms with Crippen molar-refractivity contribution < 1.29 is 0 Å². The number of fused-ring (bicyclic) bond motifs is 3. The van der Waals surface area contributed by atoms with Crippen molar-refractivity contribution in [2.45, 2.75) is 13.0 Å². The summed E-state index contributed by atoms with van der Waals surface area (Å²) in [5.74, 6) is 0. The lowest BCUT2D eigenvalue weighted by Gasteiger charge is -2.03. The lowest BCUT2D eigenvalue weighted by atomic mass is 10.1. The SMILES string of the molecule is c1ccc(CNc2nc3c(s2)Cc2ccccc2-3)cc1. The van der Waals surface area contributed by atoms with Crippen molar-refractivity contribution >= 4 is 16.5 Å². The van der Waals surface area contributed by atoms with Crippen LogP contribution in [0.5, 0.6) is 0 Å². The Morgan fingerprint density at radius 2 is 1.80 bits per heavy atom. The van der Waals surface area contributed by atoms with Gasteiger partial charge in [-0.25, -0.2) is 4.98 Å². The van der Waals surface area contributed by atoms with E-state index in [-0.39, 0.29) is 0 Å². The Balaban J connectivity index is 1.56. The van der Waals surface area contributed by atoms with Crippen molar-refractivity contribution in [3.63, 3.8) is 0 Å². The Hall–Kier alpha value is -2.13. The van der Waals surface area contributed by atoms with Crippen molar-refractivity contribution in [1.82, 2.24) is 4.98 Å². The number of anilines is 1. The first kappa shape index (κ1) is 11.7. The van der Waals surface area contributed by atoms with E-state index in [4.69, 9.17) is 4.98 Å². The maximum atomic E-state index is 4.75. The average Bonchev–Trinajstić information content (AvgIpc) is 3.03. The van der Waals surface area contributed by atoms with Crippen LogP contribution in [0.25, 0.3) is 11.3 Å². The van der Waals surface area contributed by atoms with Crippen LogP contribution in [-0.4, -0.2) is 4.98 Å². The van der Waals surface area contributed by atoms with E-state index >= 15 is 0 Å². The standard InChI is InChI=1S/C17H14N2S/c1-2-6-12(7-3-1)11-18-17-19-16-14-9-5-4-8-13(14)10-15(16)20-17/h1-9H,10-11H2,(H,18,19). The quantitative estimate of drug-likeness (QED) is 0.603. The highest BCUT2D eigenvalue weighted by molar-refractivity contribution is 7.16. The summed E-state index contributed by atoms with van der Waals surface area (Å²) >= 11 is 1.78. The summed E-state index contributed by atoms with van der Waals surface area (Å²) in [6.07, 6.45) is 1.02. The van der Waals surface area contributed by atoms with Gasteiger partial charge < -0.3 is 5.32 Å². The van der Waals surface area contributed by atoms with E-state index in [2.05, 4.69) is 53.8 Å². The topological polar surface area (TPSA) is 24.9 Å². The molecule has 98 valence electrons. The summed E-state index contributed by atoms with van der Waals surface area (Å²) in [5.41, 5.74) is 5.15. The number of benzene rings is 2. The highest BCUT2D eigenvalue weighted by atomic mass is 32.1. The van der Waals surface area contributed by atoms with Gasteiger partial charge in [0.15, 0.2) is 5.13 Å². The Bertz CT molecular complexity index is 747. The molecular weight excluding hydrogens is 264 g/mol. The Morgan fingerprint density at radius 3 is 2.70 bits per heavy atom. The predicted octanol–water partition coefficient (Wildman–Crippen LogP) is 4.33. The van der Waals surface area contributed by atoms with E-state index in [1.165, 1.54) is 27.3 Å². The third kappa shape index (κ3) is 2.00. The molecule has 0 radical (unpaired) electrons. The van der Waals surface area contributed by atoms with Crippen LogP contribution in [0.15, 0.2) is 54.6 Å². The fourth-order valence-corrected chi connectivity index (χ4v) is 3.60. The average molecular weight is 278 g/mol. The van der Waals surface area contributed by atoms with Gasteiger partial charge in [-0.3, -0.25) is 0 Å². The maximum absolute atomic E-state index is 4.75. The van der Waals surface area contributed by atoms with Gasteiger partial charge in [0.25, 0.3) is 0 Å². The van der Waals surface area contributed by atoms with Gasteiger partial charge in [0.05, 0.1) is 5.69 Å². The number of aromatic nitrogens is 1. The molecule has 0 amide bonds. The first-order chi connectivity index (χ1) is 9.90. The molecule has 20 heavy (non-hydrogen) atoms. The molecule has 0 atom stereocenters. The molecule has 0 fully saturated rings. The molecule has 2 nitrogen and oxygen atoms in total. The van der Waals surface area contributed by atoms with Crippen LogP contribution in [0.2, 0.25) is 0 Å². The lowest BCUT2D eigenvalue weighted by Crippen LogP contribution is -1.98. The van der Waals surface area contributed by atoms with Gasteiger partial charge in [-0.15, -0.1) is 11.3 Å². The molecule has 3 heteroatoms. The van der Waals surface area contributed by atoms with Crippen LogP contribution in [0.3, 0.4) is 0 Å². The third-order valence-electron chi connectivity index (χ3n) is 3.61. The van der Waals surface area contributed by atoms with Crippen LogP contribution in [0.4, 0.5) is 5.13 Å². The molecule has 1 aliphatic rings. The van der Waals surface area contributed by atoms with Gasteiger partial charge in [-0.2, -0.15) is 0 Å². The molecule has 1 aliphatic carbocycles. The first-order valence-corrected chi connectivity index (χ1v) is 7.57. The summed E-state index contributed by atoms with van der Waals surface area (Å²) in [5, 5.41) is 4.45. The summed E-state index contributed by atoms with van der Waals surface area (Å²) in [7, 11) is 0. The minimum absolute atomic E-state index is 0.828. The second-order valence-corrected chi connectivity index (χ2v) is 6.05. The number of nitrogens with one attached hydrogen (secondary N) is 1. The van der Waals surface area contributed by atoms with Crippen molar-refractivity contribution in [1.29, 1.82) is 0 Å². The van der Waals surface area contributed by atoms with E-state index in [9.17, 15) is 0 Å². The summed E-state index contributed by atoms with van der Waals surface area (Å²) in [4.78, 5) is 6.13. The summed E-state index contributed by atoms with van der Waals surface area (Å²) < 4.78 is 0. The normalized spacial score (nSPS) is 12.0. The number of hydrogen-bond acceptors (Lipinski definition) is 3. The molecule has 0 saturated heterocycles. The van der Waals surface area contributed by atoms with Gasteiger partial charge in [-0.1, -0.05) is 54.6 Å². The molecule has 0 aliphatic heterocycles. The highest BCUT2D eigenvalue weighted by Crippen LogP contribution is 2.40. The van der Waals surface area contributed by atoms with Gasteiger partial charge >= 0.3 is 0 Å². The fourth-order valence-electron chi connectivity index (χ4n) is 2.61. The molecule has 1 heterocycles. The van der Waals surface area contributed by atoms with Crippen molar-refractivity contribution in [2.24, 2.45) is 0 Å². The zero-order valence-corrected chi connectivity index (χ0v) is 11.8. The van der Waals surface area contributed by atoms with Crippen molar-refractivity contribution in [2.75, 3.05) is 5.32 Å². The van der Waals surface area contributed by atoms with E-state index in [0.717, 1.165) is 18.1 Å². The van der Waals surface area contributed by atoms with Gasteiger partial charge in [0, 0.05) is 23.4 Å². The first-order valence-electron chi connectivity index (χ1n) is 6.76. The number of hydrogen-bond donors (Lipinski definition) is 1. The molecule has 0 saturated carbocycles. The van der Waals surface area contributed by atoms with Crippen molar-refractivity contribution in [3.05, 3.63) is 70.6 Å². The Morgan fingerprint density at radius 1 is 1.00 bits per heavy atom. The number of nitrogens with zero attached hydrogens (tertiary/aromatic N) is 1. The van der Waals surface area contributed by atoms with Crippen LogP contribution >= 0.6 is 11.3 Å². The van der Waals surface area contributed by atoms with E-state index in [1.54, 1.807) is 11.3 Å². The molecule has 1 N–H and O–H groups in total. The molecule has 2 aromatic carbocycles. The van der Waals surface area contributed by atoms with Gasteiger partial charge in [0.1, 0.15) is 0 Å². The highest BCUT2D eigenvalue weighted by Gasteiger charge is 2.22. The number of rotatable bonds is 3. The van der Waals surface area contributed by atoms with Crippen LogP contribution in [0.1, 0.15) is 16.0 Å². The summed E-state index contributed by atoms with van der Waals surface area (Å²) in [6, 6.07) is 19.0. The minimum Gasteiger partial charge on any atom is -0.357 e. The van der Waals surface area contributed by atoms with E-state index in [1.807, 2.05) is 6.07 Å². The van der Waals surface area contributed by atoms with E-state index in [0.29, 0.717) is 0 Å². The predicted molar refractivity (Wildman–Crippen MR) is 84.1 cm³/mol. The minimum atomic E-state index is 0.828. The van der Waals surface area contributed by atoms with Crippen molar-refractivity contribution in [3.8, 4) is 11.3 Å². The second kappa shape index (κ2) is 4.76. The molecular formula is C17H14N2S. The maximum Gasteiger partial charge on any atom is 0.183 e. The van der Waals surface area contributed by atoms with Crippen LogP contribution in [-0.2, 0) is 13.0 Å². The van der Waals surface area contributed by atoms with Crippen LogP contribution in [0, 0.1) is 0 Å². The van der Waals surface area contributed by atoms with Gasteiger partial charge in [-0.05, 0) is 11.1 Å². The second-order valence-electron chi connectivity index (χ2n) is 4.96. The molecule has 0 spiro atoms.